The number of aromatic amines is 1. The fraction of sp³-hybridized carbons (Fsp3) is 0.500. The number of hydrogen-bond donors (Lipinski definition) is 2. The molecule has 6 nitrogen and oxygen atoms in total. The zero-order valence-corrected chi connectivity index (χ0v) is 8.93. The predicted molar refractivity (Wildman–Crippen MR) is 55.2 cm³/mol. The number of H-pyrrole nitrogens is 1. The molecule has 0 spiro atoms. The Morgan fingerprint density at radius 2 is 2.31 bits per heavy atom. The van der Waals surface area contributed by atoms with Crippen molar-refractivity contribution in [1.82, 2.24) is 15.1 Å². The molecule has 0 saturated carbocycles. The number of carboxylic acid groups (broad SMARTS) is 1. The van der Waals surface area contributed by atoms with Gasteiger partial charge < -0.3 is 10.0 Å². The number of carbonyl (C=O) groups is 2. The Kier molecular flexibility index (Phi) is 2.64. The van der Waals surface area contributed by atoms with Gasteiger partial charge >= 0.3 is 5.97 Å². The van der Waals surface area contributed by atoms with Gasteiger partial charge in [-0.05, 0) is 6.07 Å². The highest BCUT2D eigenvalue weighted by Gasteiger charge is 2.32. The summed E-state index contributed by atoms with van der Waals surface area (Å²) in [6, 6.07) is 1.53. The van der Waals surface area contributed by atoms with Crippen LogP contribution in [0.15, 0.2) is 6.07 Å². The average molecular weight is 223 g/mol. The maximum Gasteiger partial charge on any atom is 0.356 e. The van der Waals surface area contributed by atoms with Crippen LogP contribution in [0.5, 0.6) is 0 Å². The first kappa shape index (κ1) is 10.7. The van der Waals surface area contributed by atoms with Crippen molar-refractivity contribution in [2.45, 2.75) is 19.3 Å². The minimum atomic E-state index is -1.04. The van der Waals surface area contributed by atoms with Crippen LogP contribution in [0.2, 0.25) is 0 Å². The van der Waals surface area contributed by atoms with E-state index in [1.165, 1.54) is 6.07 Å². The Morgan fingerprint density at radius 3 is 2.81 bits per heavy atom. The molecule has 16 heavy (non-hydrogen) atoms. The normalized spacial score (nSPS) is 15.9. The number of amides is 1. The molecule has 1 fully saturated rings. The Hall–Kier alpha value is -1.85. The summed E-state index contributed by atoms with van der Waals surface area (Å²) in [5.41, 5.74) is 0.813. The zero-order valence-electron chi connectivity index (χ0n) is 8.93. The second-order valence-electron chi connectivity index (χ2n) is 3.86. The van der Waals surface area contributed by atoms with Gasteiger partial charge in [0, 0.05) is 31.1 Å². The predicted octanol–water partition coefficient (Wildman–Crippen LogP) is 0.444. The van der Waals surface area contributed by atoms with Gasteiger partial charge in [0.1, 0.15) is 0 Å². The first-order valence-corrected chi connectivity index (χ1v) is 5.18. The van der Waals surface area contributed by atoms with E-state index in [9.17, 15) is 9.59 Å². The van der Waals surface area contributed by atoms with Crippen molar-refractivity contribution in [2.75, 3.05) is 13.1 Å². The molecule has 1 aromatic rings. The number of aromatic nitrogens is 2. The molecule has 86 valence electrons. The lowest BCUT2D eigenvalue weighted by Gasteiger charge is -2.38. The third-order valence-corrected chi connectivity index (χ3v) is 2.79. The summed E-state index contributed by atoms with van der Waals surface area (Å²) in [4.78, 5) is 23.7. The molecule has 2 rings (SSSR count). The summed E-state index contributed by atoms with van der Waals surface area (Å²) in [6.07, 6.45) is 0.510. The summed E-state index contributed by atoms with van der Waals surface area (Å²) < 4.78 is 0. The molecule has 1 aliphatic heterocycles. The molecule has 0 unspecified atom stereocenters. The van der Waals surface area contributed by atoms with Gasteiger partial charge in [-0.25, -0.2) is 4.79 Å². The second-order valence-corrected chi connectivity index (χ2v) is 3.86. The van der Waals surface area contributed by atoms with Gasteiger partial charge in [-0.1, -0.05) is 6.92 Å². The summed E-state index contributed by atoms with van der Waals surface area (Å²) in [5, 5.41) is 15.1. The lowest BCUT2D eigenvalue weighted by atomic mass is 9.96. The van der Waals surface area contributed by atoms with Crippen molar-refractivity contribution in [3.05, 3.63) is 17.5 Å². The van der Waals surface area contributed by atoms with E-state index < -0.39 is 5.97 Å². The van der Waals surface area contributed by atoms with Crippen LogP contribution in [0.4, 0.5) is 0 Å². The fourth-order valence-electron chi connectivity index (χ4n) is 1.76. The molecule has 0 bridgehead atoms. The van der Waals surface area contributed by atoms with E-state index >= 15 is 0 Å². The van der Waals surface area contributed by atoms with Gasteiger partial charge in [0.2, 0.25) is 5.91 Å². The summed E-state index contributed by atoms with van der Waals surface area (Å²) in [7, 11) is 0. The Bertz CT molecular complexity index is 421. The lowest BCUT2D eigenvalue weighted by Crippen LogP contribution is -2.48. The van der Waals surface area contributed by atoms with Crippen LogP contribution in [0, 0.1) is 0 Å². The van der Waals surface area contributed by atoms with Crippen LogP contribution in [0.25, 0.3) is 0 Å². The molecule has 0 radical (unpaired) electrons. The highest BCUT2D eigenvalue weighted by Crippen LogP contribution is 2.26. The molecular formula is C10H13N3O3. The van der Waals surface area contributed by atoms with Crippen molar-refractivity contribution < 1.29 is 14.7 Å². The third kappa shape index (κ3) is 1.78. The Morgan fingerprint density at radius 1 is 1.62 bits per heavy atom. The standard InChI is InChI=1S/C10H13N3O3/c1-2-9(14)13-4-6(5-13)7-3-8(10(15)16)12-11-7/h3,6H,2,4-5H2,1H3,(H,11,12)(H,15,16). The number of hydrogen-bond acceptors (Lipinski definition) is 3. The Labute approximate surface area is 92.3 Å². The lowest BCUT2D eigenvalue weighted by molar-refractivity contribution is -0.135. The van der Waals surface area contributed by atoms with Crippen molar-refractivity contribution in [2.24, 2.45) is 0 Å². The zero-order chi connectivity index (χ0) is 11.7. The van der Waals surface area contributed by atoms with E-state index in [0.29, 0.717) is 19.5 Å². The molecule has 6 heteroatoms. The SMILES string of the molecule is CCC(=O)N1CC(c2cc(C(=O)O)n[nH]2)C1. The number of nitrogens with zero attached hydrogens (tertiary/aromatic N) is 2. The number of nitrogens with one attached hydrogen (secondary N) is 1. The van der Waals surface area contributed by atoms with Crippen LogP contribution in [-0.4, -0.2) is 45.2 Å². The van der Waals surface area contributed by atoms with Gasteiger partial charge in [0.05, 0.1) is 0 Å². The van der Waals surface area contributed by atoms with E-state index in [1.54, 1.807) is 4.90 Å². The molecule has 2 N–H and O–H groups in total. The maximum atomic E-state index is 11.3. The van der Waals surface area contributed by atoms with Gasteiger partial charge in [-0.15, -0.1) is 0 Å². The molecular weight excluding hydrogens is 210 g/mol. The maximum absolute atomic E-state index is 11.3. The number of aromatic carboxylic acids is 1. The number of carboxylic acids is 1. The largest absolute Gasteiger partial charge is 0.476 e. The van der Waals surface area contributed by atoms with Crippen LogP contribution < -0.4 is 0 Å². The highest BCUT2D eigenvalue weighted by molar-refractivity contribution is 5.85. The molecule has 0 aliphatic carbocycles. The first-order valence-electron chi connectivity index (χ1n) is 5.18. The number of likely N-dealkylation sites (tertiary alicyclic amines) is 1. The van der Waals surface area contributed by atoms with Gasteiger partial charge in [0.15, 0.2) is 5.69 Å². The minimum Gasteiger partial charge on any atom is -0.476 e. The van der Waals surface area contributed by atoms with E-state index in [1.807, 2.05) is 6.92 Å². The molecule has 0 atom stereocenters. The van der Waals surface area contributed by atoms with Crippen molar-refractivity contribution in [3.63, 3.8) is 0 Å². The molecule has 1 saturated heterocycles. The summed E-state index contributed by atoms with van der Waals surface area (Å²) in [5.74, 6) is -0.714. The second kappa shape index (κ2) is 3.96. The minimum absolute atomic E-state index is 0.0234. The Balaban J connectivity index is 1.96. The van der Waals surface area contributed by atoms with Crippen LogP contribution in [-0.2, 0) is 4.79 Å². The van der Waals surface area contributed by atoms with E-state index in [-0.39, 0.29) is 17.5 Å². The van der Waals surface area contributed by atoms with Crippen LogP contribution in [0.3, 0.4) is 0 Å². The van der Waals surface area contributed by atoms with Crippen molar-refractivity contribution in [1.29, 1.82) is 0 Å². The van der Waals surface area contributed by atoms with Crippen LogP contribution in [0.1, 0.15) is 35.4 Å². The van der Waals surface area contributed by atoms with E-state index in [2.05, 4.69) is 10.2 Å². The summed E-state index contributed by atoms with van der Waals surface area (Å²) in [6.45, 7) is 3.12. The first-order chi connectivity index (χ1) is 7.61. The van der Waals surface area contributed by atoms with Gasteiger partial charge in [0.25, 0.3) is 0 Å². The fourth-order valence-corrected chi connectivity index (χ4v) is 1.76. The van der Waals surface area contributed by atoms with Crippen molar-refractivity contribution in [3.8, 4) is 0 Å². The average Bonchev–Trinajstić information content (AvgIpc) is 2.64. The monoisotopic (exact) mass is 223 g/mol. The highest BCUT2D eigenvalue weighted by atomic mass is 16.4. The van der Waals surface area contributed by atoms with Crippen LogP contribution >= 0.6 is 0 Å². The third-order valence-electron chi connectivity index (χ3n) is 2.79. The smallest absolute Gasteiger partial charge is 0.356 e. The molecule has 2 heterocycles. The van der Waals surface area contributed by atoms with Gasteiger partial charge in [-0.3, -0.25) is 9.89 Å². The molecule has 0 aromatic carbocycles. The van der Waals surface area contributed by atoms with Gasteiger partial charge in [-0.2, -0.15) is 5.10 Å². The molecule has 1 amide bonds. The quantitative estimate of drug-likeness (QED) is 0.778. The molecule has 1 aliphatic rings. The van der Waals surface area contributed by atoms with E-state index in [0.717, 1.165) is 5.69 Å². The number of carbonyl (C=O) groups excluding carboxylic acids is 1. The molecule has 1 aromatic heterocycles. The number of rotatable bonds is 3. The summed E-state index contributed by atoms with van der Waals surface area (Å²) >= 11 is 0. The topological polar surface area (TPSA) is 86.3 Å². The van der Waals surface area contributed by atoms with E-state index in [4.69, 9.17) is 5.11 Å². The van der Waals surface area contributed by atoms with Crippen molar-refractivity contribution >= 4 is 11.9 Å².